The minimum Gasteiger partial charge on any atom is -0.454 e. The number of amides is 1. The van der Waals surface area contributed by atoms with Gasteiger partial charge in [-0.1, -0.05) is 252 Å². The van der Waals surface area contributed by atoms with Gasteiger partial charge in [0, 0.05) is 6.42 Å². The number of ether oxygens (including phenoxy) is 3. The van der Waals surface area contributed by atoms with Crippen LogP contribution in [0.4, 0.5) is 0 Å². The second-order valence-electron chi connectivity index (χ2n) is 22.1. The van der Waals surface area contributed by atoms with Crippen LogP contribution in [0.15, 0.2) is 109 Å². The molecule has 1 aliphatic heterocycles. The number of aliphatic hydroxyl groups excluding tert-OH is 5. The van der Waals surface area contributed by atoms with E-state index in [4.69, 9.17) is 14.2 Å². The number of carbonyl (C=O) groups is 2. The number of allylic oxidation sites excluding steroid dienone is 17. The highest BCUT2D eigenvalue weighted by Gasteiger charge is 2.47. The highest BCUT2D eigenvalue weighted by Crippen LogP contribution is 2.26. The van der Waals surface area contributed by atoms with Crippen LogP contribution in [-0.2, 0) is 23.8 Å². The van der Waals surface area contributed by atoms with E-state index in [-0.39, 0.29) is 19.4 Å². The van der Waals surface area contributed by atoms with Gasteiger partial charge in [-0.3, -0.25) is 9.59 Å². The van der Waals surface area contributed by atoms with Gasteiger partial charge in [0.15, 0.2) is 12.4 Å². The van der Waals surface area contributed by atoms with E-state index in [1.54, 1.807) is 6.08 Å². The first-order valence-corrected chi connectivity index (χ1v) is 32.7. The molecular formula is C70H119NO10. The van der Waals surface area contributed by atoms with Gasteiger partial charge in [-0.15, -0.1) is 0 Å². The zero-order valence-corrected chi connectivity index (χ0v) is 51.4. The second kappa shape index (κ2) is 56.8. The van der Waals surface area contributed by atoms with E-state index >= 15 is 0 Å². The molecule has 81 heavy (non-hydrogen) atoms. The largest absolute Gasteiger partial charge is 0.454 e. The average molecular weight is 1130 g/mol. The summed E-state index contributed by atoms with van der Waals surface area (Å²) in [5, 5.41) is 57.0. The lowest BCUT2D eigenvalue weighted by Gasteiger charge is -2.41. The Morgan fingerprint density at radius 1 is 0.494 bits per heavy atom. The molecule has 0 radical (unpaired) electrons. The molecule has 0 bridgehead atoms. The molecule has 11 nitrogen and oxygen atoms in total. The Hall–Kier alpha value is -3.68. The van der Waals surface area contributed by atoms with E-state index in [0.717, 1.165) is 148 Å². The maximum Gasteiger partial charge on any atom is 0.306 e. The fourth-order valence-corrected chi connectivity index (χ4v) is 9.51. The third-order valence-electron chi connectivity index (χ3n) is 14.7. The van der Waals surface area contributed by atoms with Crippen LogP contribution in [-0.4, -0.2) is 99.6 Å². The van der Waals surface area contributed by atoms with Crippen molar-refractivity contribution in [2.24, 2.45) is 0 Å². The topological polar surface area (TPSA) is 175 Å². The van der Waals surface area contributed by atoms with E-state index < -0.39 is 67.4 Å². The number of unbranched alkanes of at least 4 members (excludes halogenated alkanes) is 24. The Morgan fingerprint density at radius 2 is 0.889 bits per heavy atom. The normalized spacial score (nSPS) is 19.4. The monoisotopic (exact) mass is 1130 g/mol. The molecule has 1 amide bonds. The summed E-state index contributed by atoms with van der Waals surface area (Å²) in [4.78, 5) is 26.6. The summed E-state index contributed by atoms with van der Waals surface area (Å²) >= 11 is 0. The molecule has 0 aliphatic carbocycles. The highest BCUT2D eigenvalue weighted by molar-refractivity contribution is 5.80. The van der Waals surface area contributed by atoms with Crippen molar-refractivity contribution in [2.45, 2.75) is 307 Å². The zero-order valence-electron chi connectivity index (χ0n) is 51.4. The van der Waals surface area contributed by atoms with Gasteiger partial charge in [0.25, 0.3) is 0 Å². The maximum atomic E-state index is 13.4. The molecule has 8 atom stereocenters. The van der Waals surface area contributed by atoms with Crippen LogP contribution in [0.5, 0.6) is 0 Å². The van der Waals surface area contributed by atoms with E-state index in [1.165, 1.54) is 64.2 Å². The first-order chi connectivity index (χ1) is 39.7. The number of hydrogen-bond donors (Lipinski definition) is 6. The predicted octanol–water partition coefficient (Wildman–Crippen LogP) is 16.1. The lowest BCUT2D eigenvalue weighted by molar-refractivity contribution is -0.305. The fraction of sp³-hybridized carbons (Fsp3) is 0.714. The van der Waals surface area contributed by atoms with Crippen molar-refractivity contribution < 1.29 is 49.3 Å². The van der Waals surface area contributed by atoms with Gasteiger partial charge in [-0.05, 0) is 109 Å². The van der Waals surface area contributed by atoms with E-state index in [0.29, 0.717) is 12.8 Å². The smallest absolute Gasteiger partial charge is 0.306 e. The molecule has 1 heterocycles. The van der Waals surface area contributed by atoms with Crippen molar-refractivity contribution in [3.8, 4) is 0 Å². The third-order valence-corrected chi connectivity index (χ3v) is 14.7. The molecule has 0 saturated carbocycles. The summed E-state index contributed by atoms with van der Waals surface area (Å²) < 4.78 is 17.6. The third kappa shape index (κ3) is 44.5. The van der Waals surface area contributed by atoms with Crippen LogP contribution in [0.25, 0.3) is 0 Å². The van der Waals surface area contributed by atoms with Crippen LogP contribution in [0.1, 0.15) is 258 Å². The Bertz CT molecular complexity index is 1730. The van der Waals surface area contributed by atoms with Crippen molar-refractivity contribution in [3.63, 3.8) is 0 Å². The van der Waals surface area contributed by atoms with Gasteiger partial charge < -0.3 is 45.1 Å². The number of esters is 1. The molecule has 1 rings (SSSR count). The molecule has 8 unspecified atom stereocenters. The summed E-state index contributed by atoms with van der Waals surface area (Å²) in [6.45, 7) is 5.63. The molecular weight excluding hydrogens is 1010 g/mol. The molecule has 1 aliphatic rings. The molecule has 0 aromatic rings. The molecule has 1 fully saturated rings. The zero-order chi connectivity index (χ0) is 58.9. The summed E-state index contributed by atoms with van der Waals surface area (Å²) in [5.41, 5.74) is 0. The van der Waals surface area contributed by atoms with Gasteiger partial charge in [0.2, 0.25) is 5.91 Å². The number of carbonyl (C=O) groups excluding carboxylic acids is 2. The Labute approximate surface area is 494 Å². The highest BCUT2D eigenvalue weighted by atomic mass is 16.7. The molecule has 11 heteroatoms. The Morgan fingerprint density at radius 3 is 1.36 bits per heavy atom. The van der Waals surface area contributed by atoms with Gasteiger partial charge in [-0.25, -0.2) is 0 Å². The van der Waals surface area contributed by atoms with Gasteiger partial charge in [-0.2, -0.15) is 0 Å². The summed E-state index contributed by atoms with van der Waals surface area (Å²) in [5.74, 6) is -1.22. The van der Waals surface area contributed by atoms with Crippen LogP contribution >= 0.6 is 0 Å². The van der Waals surface area contributed by atoms with Crippen LogP contribution in [0, 0.1) is 0 Å². The molecule has 0 aromatic heterocycles. The maximum absolute atomic E-state index is 13.4. The summed E-state index contributed by atoms with van der Waals surface area (Å²) in [6.07, 6.45) is 66.9. The van der Waals surface area contributed by atoms with Crippen LogP contribution < -0.4 is 5.32 Å². The molecule has 1 saturated heterocycles. The van der Waals surface area contributed by atoms with Crippen molar-refractivity contribution in [3.05, 3.63) is 109 Å². The lowest BCUT2D eigenvalue weighted by atomic mass is 9.99. The number of hydrogen-bond acceptors (Lipinski definition) is 10. The van der Waals surface area contributed by atoms with Crippen molar-refractivity contribution >= 4 is 11.9 Å². The standard InChI is InChI=1S/C70H119NO10/c1-4-7-10-13-16-19-22-24-26-28-29-30-31-32-33-34-35-36-38-40-43-46-49-52-55-58-65(75)81-68-67(77)66(76)64(59-72)80-70(68)79-60-61(62(73)56-53-50-47-44-41-21-18-15-12-9-6-3)71-69(78)63(74)57-54-51-48-45-42-39-37-27-25-23-20-17-14-11-8-5-2/h7,10,16-17,19-20,24-27,29-30,32-33,35-36,53,56,61-64,66-68,70,72-74,76-77H,4-6,8-9,11-15,18,21-23,28,31,34,37-52,54-55,57-60H2,1-3H3,(H,71,78)/b10-7-,19-16-,20-17-,26-24-,27-25-,30-29-,33-32-,36-35-,56-53+. The minimum atomic E-state index is -1.63. The van der Waals surface area contributed by atoms with Crippen molar-refractivity contribution in [1.82, 2.24) is 5.32 Å². The van der Waals surface area contributed by atoms with Gasteiger partial charge >= 0.3 is 5.97 Å². The average Bonchev–Trinajstić information content (AvgIpc) is 3.52. The van der Waals surface area contributed by atoms with Gasteiger partial charge in [0.1, 0.15) is 24.4 Å². The van der Waals surface area contributed by atoms with Crippen LogP contribution in [0.2, 0.25) is 0 Å². The minimum absolute atomic E-state index is 0.0994. The Kier molecular flexibility index (Phi) is 52.8. The SMILES string of the molecule is CC/C=C\C/C=C\C/C=C\C/C=C\C/C=C\C/C=C\CCCCCCCCC(=O)OC1C(OCC(NC(=O)C(O)CCCCCCCC/C=C\C/C=C\CCCCC)C(O)/C=C/CCCCCCCCCCC)OC(CO)C(O)C1O. The van der Waals surface area contributed by atoms with E-state index in [9.17, 15) is 35.1 Å². The fourth-order valence-electron chi connectivity index (χ4n) is 9.51. The molecule has 6 N–H and O–H groups in total. The van der Waals surface area contributed by atoms with Gasteiger partial charge in [0.05, 0.1) is 25.4 Å². The Balaban J connectivity index is 2.63. The predicted molar refractivity (Wildman–Crippen MR) is 338 cm³/mol. The lowest BCUT2D eigenvalue weighted by Crippen LogP contribution is -2.61. The van der Waals surface area contributed by atoms with Crippen molar-refractivity contribution in [2.75, 3.05) is 13.2 Å². The van der Waals surface area contributed by atoms with E-state index in [2.05, 4.69) is 123 Å². The summed E-state index contributed by atoms with van der Waals surface area (Å²) in [6, 6.07) is -1.04. The van der Waals surface area contributed by atoms with E-state index in [1.807, 2.05) is 6.08 Å². The van der Waals surface area contributed by atoms with Crippen LogP contribution in [0.3, 0.4) is 0 Å². The number of nitrogens with one attached hydrogen (secondary N) is 1. The molecule has 464 valence electrons. The number of aliphatic hydroxyl groups is 5. The molecule has 0 spiro atoms. The second-order valence-corrected chi connectivity index (χ2v) is 22.1. The first kappa shape index (κ1) is 75.3. The first-order valence-electron chi connectivity index (χ1n) is 32.7. The summed E-state index contributed by atoms with van der Waals surface area (Å²) in [7, 11) is 0. The quantitative estimate of drug-likeness (QED) is 0.0195. The van der Waals surface area contributed by atoms with Crippen molar-refractivity contribution in [1.29, 1.82) is 0 Å². The molecule has 0 aromatic carbocycles. The number of rotatable bonds is 54.